The number of anilines is 2. The lowest BCUT2D eigenvalue weighted by Gasteiger charge is -2.32. The molecule has 4 aromatic heterocycles. The van der Waals surface area contributed by atoms with Gasteiger partial charge in [-0.25, -0.2) is 18.7 Å². The Morgan fingerprint density at radius 1 is 0.804 bits per heavy atom. The fourth-order valence-corrected chi connectivity index (χ4v) is 8.64. The van der Waals surface area contributed by atoms with Crippen LogP contribution in [-0.2, 0) is 27.6 Å². The monoisotopic (exact) mass is 722 g/mol. The number of imidazole rings is 2. The third kappa shape index (κ3) is 5.59. The van der Waals surface area contributed by atoms with Gasteiger partial charge in [0.05, 0.1) is 25.9 Å². The van der Waals surface area contributed by atoms with Gasteiger partial charge >= 0.3 is 0 Å². The molecule has 0 spiro atoms. The van der Waals surface area contributed by atoms with Gasteiger partial charge in [0.2, 0.25) is 11.9 Å². The Bertz CT molecular complexity index is 1920. The van der Waals surface area contributed by atoms with Gasteiger partial charge in [0.1, 0.15) is 24.4 Å². The highest BCUT2D eigenvalue weighted by atomic mass is 32.7. The van der Waals surface area contributed by atoms with E-state index >= 15 is 8.78 Å². The first-order valence-electron chi connectivity index (χ1n) is 13.3. The maximum Gasteiger partial charge on any atom is 0.280 e. The highest BCUT2D eigenvalue weighted by Crippen LogP contribution is 2.60. The van der Waals surface area contributed by atoms with E-state index < -0.39 is 73.4 Å². The van der Waals surface area contributed by atoms with Crippen molar-refractivity contribution < 1.29 is 36.3 Å². The lowest BCUT2D eigenvalue weighted by Crippen LogP contribution is -2.36. The topological polar surface area (TPSA) is 235 Å². The van der Waals surface area contributed by atoms with Gasteiger partial charge in [0, 0.05) is 0 Å². The zero-order chi connectivity index (χ0) is 32.7. The molecule has 3 aliphatic heterocycles. The largest absolute Gasteiger partial charge is 0.369 e. The summed E-state index contributed by atoms with van der Waals surface area (Å²) in [5, 5.41) is 0. The van der Waals surface area contributed by atoms with Crippen molar-refractivity contribution in [2.75, 3.05) is 24.7 Å². The highest BCUT2D eigenvalue weighted by molar-refractivity contribution is 8.48. The van der Waals surface area contributed by atoms with Crippen LogP contribution < -0.4 is 22.6 Å². The van der Waals surface area contributed by atoms with E-state index in [4.69, 9.17) is 39.0 Å². The van der Waals surface area contributed by atoms with E-state index in [1.165, 1.54) is 21.8 Å². The minimum Gasteiger partial charge on any atom is -0.369 e. The number of thiol groups is 2. The van der Waals surface area contributed by atoms with Crippen LogP contribution in [0.4, 0.5) is 20.7 Å². The first-order chi connectivity index (χ1) is 21.7. The number of nitrogens with two attached hydrogens (primary N) is 2. The molecule has 0 aromatic carbocycles. The molecule has 10 atom stereocenters. The second-order valence-electron chi connectivity index (χ2n) is 10.6. The van der Waals surface area contributed by atoms with Crippen molar-refractivity contribution >= 4 is 84.4 Å². The van der Waals surface area contributed by atoms with Crippen molar-refractivity contribution in [2.24, 2.45) is 0 Å². The fraction of sp³-hybridized carbons (Fsp3) is 0.455. The van der Waals surface area contributed by atoms with Crippen LogP contribution in [0, 0.1) is 0 Å². The van der Waals surface area contributed by atoms with Crippen molar-refractivity contribution in [3.63, 3.8) is 0 Å². The van der Waals surface area contributed by atoms with Crippen molar-refractivity contribution in [1.82, 2.24) is 39.0 Å². The van der Waals surface area contributed by atoms with Gasteiger partial charge in [0.15, 0.2) is 60.2 Å². The second kappa shape index (κ2) is 11.4. The van der Waals surface area contributed by atoms with Gasteiger partial charge < -0.3 is 39.0 Å². The van der Waals surface area contributed by atoms with Gasteiger partial charge in [-0.05, 0) is 12.6 Å². The van der Waals surface area contributed by atoms with E-state index in [1.54, 1.807) is 0 Å². The van der Waals surface area contributed by atoms with Crippen molar-refractivity contribution in [2.45, 2.75) is 49.2 Å². The Hall–Kier alpha value is -2.78. The number of aromatic nitrogens is 8. The van der Waals surface area contributed by atoms with Crippen molar-refractivity contribution in [1.29, 1.82) is 0 Å². The van der Waals surface area contributed by atoms with Crippen LogP contribution in [0.2, 0.25) is 0 Å². The summed E-state index contributed by atoms with van der Waals surface area (Å²) in [6, 6.07) is 0. The van der Waals surface area contributed by atoms with Gasteiger partial charge in [-0.1, -0.05) is 24.5 Å². The van der Waals surface area contributed by atoms with E-state index in [1.807, 2.05) is 0 Å². The van der Waals surface area contributed by atoms with E-state index in [2.05, 4.69) is 67.0 Å². The molecule has 0 bridgehead atoms. The number of rotatable bonds is 2. The molecule has 0 saturated carbocycles. The third-order valence-electron chi connectivity index (χ3n) is 7.44. The number of hydrogen-bond acceptors (Lipinski definition) is 16. The molecule has 0 radical (unpaired) electrons. The molecule has 4 aromatic rings. The lowest BCUT2D eigenvalue weighted by atomic mass is 10.1. The van der Waals surface area contributed by atoms with E-state index in [-0.39, 0.29) is 47.4 Å². The van der Waals surface area contributed by atoms with Gasteiger partial charge in [-0.15, -0.1) is 0 Å². The summed E-state index contributed by atoms with van der Waals surface area (Å²) in [5.41, 5.74) is 9.91. The minimum absolute atomic E-state index is 0.0249. The second-order valence-corrected chi connectivity index (χ2v) is 17.7. The molecule has 0 amide bonds. The number of ether oxygens (including phenoxy) is 2. The van der Waals surface area contributed by atoms with Gasteiger partial charge in [-0.3, -0.25) is 28.7 Å². The molecule has 18 nitrogen and oxygen atoms in total. The number of nitrogens with zero attached hydrogens (tertiary/aromatic N) is 6. The summed E-state index contributed by atoms with van der Waals surface area (Å²) < 4.78 is 70.4. The van der Waals surface area contributed by atoms with Gasteiger partial charge in [0.25, 0.3) is 11.1 Å². The number of nitrogens with one attached hydrogen (secondary N) is 2. The van der Waals surface area contributed by atoms with E-state index in [0.29, 0.717) is 0 Å². The molecule has 7 rings (SSSR count). The third-order valence-corrected chi connectivity index (χ3v) is 10.9. The molecule has 3 fully saturated rings. The molecule has 6 N–H and O–H groups in total. The number of hydrogen-bond donors (Lipinski definition) is 6. The molecular formula is C22H26F2N10O8P2S2. The minimum atomic E-state index is -3.42. The van der Waals surface area contributed by atoms with Crippen LogP contribution in [0.5, 0.6) is 0 Å². The number of halogens is 2. The summed E-state index contributed by atoms with van der Waals surface area (Å²) in [6.45, 7) is -7.60. The smallest absolute Gasteiger partial charge is 0.280 e. The fourth-order valence-electron chi connectivity index (χ4n) is 5.44. The van der Waals surface area contributed by atoms with Crippen LogP contribution in [-0.4, -0.2) is 102 Å². The Balaban J connectivity index is 1.18. The molecule has 46 heavy (non-hydrogen) atoms. The summed E-state index contributed by atoms with van der Waals surface area (Å²) in [5.74, 6) is -0.416. The van der Waals surface area contributed by atoms with E-state index in [0.717, 1.165) is 0 Å². The maximum absolute atomic E-state index is 16.2. The summed E-state index contributed by atoms with van der Waals surface area (Å²) in [7, 11) is 0. The number of aromatic amines is 2. The lowest BCUT2D eigenvalue weighted by molar-refractivity contribution is -0.0502. The van der Waals surface area contributed by atoms with Crippen LogP contribution in [0.1, 0.15) is 12.5 Å². The van der Waals surface area contributed by atoms with Crippen molar-refractivity contribution in [3.8, 4) is 0 Å². The van der Waals surface area contributed by atoms with Crippen molar-refractivity contribution in [3.05, 3.63) is 33.4 Å². The predicted octanol–water partition coefficient (Wildman–Crippen LogP) is 0.954. The number of fused-ring (bicyclic) bond motifs is 4. The Morgan fingerprint density at radius 2 is 1.20 bits per heavy atom. The number of H-pyrrole nitrogens is 2. The van der Waals surface area contributed by atoms with Crippen LogP contribution in [0.25, 0.3) is 22.3 Å². The zero-order valence-corrected chi connectivity index (χ0v) is 26.8. The molecule has 24 heteroatoms. The van der Waals surface area contributed by atoms with Crippen LogP contribution in [0.15, 0.2) is 22.2 Å². The number of nitrogen functional groups attached to an aromatic ring is 2. The van der Waals surface area contributed by atoms with Gasteiger partial charge in [-0.2, -0.15) is 9.97 Å². The molecule has 3 aliphatic rings. The Labute approximate surface area is 266 Å². The zero-order valence-electron chi connectivity index (χ0n) is 23.3. The molecular weight excluding hydrogens is 696 g/mol. The number of alkyl halides is 2. The summed E-state index contributed by atoms with van der Waals surface area (Å²) in [4.78, 5) is 45.3. The average Bonchev–Trinajstić information content (AvgIpc) is 3.72. The standard InChI is InChI=1S/C22H26F2N10O8P2S2/c1-43(45)37-3-7-14(10(24)20(39-7)34-6-28-12-16(34)30-22(26)32-18(12)36)42-44(2,46)38-4-8-13(41-43)9(23)19(40-8)33-5-27-11-15(33)29-21(25)31-17(11)35/h5-10,13-14,19-20,45-46H,1-4H2,(H3,25,29,31,35)(H3,26,30,32,36)/t7-,8+,9-,10-,13+,14-,19+,20?,43+,44+/m1/s1. The SMILES string of the molecule is C=[P@]1(S)OC[C@H]2OC(n3cnc4c(=O)[nH]c(N)nc43)[C@H](F)[C@@H]2O[P@@](=C)(S)OC[C@@H]2O[C@H](n3cnc4c(=O)[nH]c(N)nc43)[C@H](F)[C@H]2O1. The molecule has 3 saturated heterocycles. The van der Waals surface area contributed by atoms with Crippen LogP contribution >= 0.6 is 37.6 Å². The first kappa shape index (κ1) is 31.8. The average molecular weight is 723 g/mol. The maximum atomic E-state index is 16.2. The summed E-state index contributed by atoms with van der Waals surface area (Å²) in [6.07, 6.45) is -1.46. The first-order valence-corrected chi connectivity index (χ1v) is 19.3. The molecule has 7 heterocycles. The van der Waals surface area contributed by atoms with E-state index in [9.17, 15) is 9.59 Å². The predicted molar refractivity (Wildman–Crippen MR) is 170 cm³/mol. The highest BCUT2D eigenvalue weighted by Gasteiger charge is 2.52. The Kier molecular flexibility index (Phi) is 7.90. The normalized spacial score (nSPS) is 37.1. The quantitative estimate of drug-likeness (QED) is 0.125. The Morgan fingerprint density at radius 3 is 1.59 bits per heavy atom. The van der Waals surface area contributed by atoms with Crippen LogP contribution in [0.3, 0.4) is 0 Å². The molecule has 0 aliphatic carbocycles. The summed E-state index contributed by atoms with van der Waals surface area (Å²) >= 11 is 8.89. The molecule has 1 unspecified atom stereocenters. The molecule has 248 valence electrons.